The molecule has 1 aliphatic rings. The van der Waals surface area contributed by atoms with Crippen molar-refractivity contribution in [3.63, 3.8) is 0 Å². The van der Waals surface area contributed by atoms with Gasteiger partial charge in [0.05, 0.1) is 22.1 Å². The largest absolute Gasteiger partial charge is 0.292 e. The molecule has 12 aromatic rings. The maximum atomic E-state index is 5.44. The van der Waals surface area contributed by atoms with E-state index in [9.17, 15) is 0 Å². The van der Waals surface area contributed by atoms with Gasteiger partial charge >= 0.3 is 0 Å². The number of hydrogen-bond acceptors (Lipinski definition) is 2. The van der Waals surface area contributed by atoms with Crippen molar-refractivity contribution in [1.82, 2.24) is 19.1 Å². The Morgan fingerprint density at radius 1 is 0.281 bits per heavy atom. The maximum absolute atomic E-state index is 5.44. The molecule has 0 bridgehead atoms. The monoisotopic (exact) mass is 814 g/mol. The molecule has 0 atom stereocenters. The molecule has 13 rings (SSSR count). The van der Waals surface area contributed by atoms with Gasteiger partial charge in [-0.25, -0.2) is 9.97 Å². The molecular weight excluding hydrogens is 777 g/mol. The van der Waals surface area contributed by atoms with Crippen LogP contribution in [0.15, 0.2) is 231 Å². The summed E-state index contributed by atoms with van der Waals surface area (Å²) in [5, 5.41) is 2.55. The summed E-state index contributed by atoms with van der Waals surface area (Å²) in [6, 6.07) is 82.8. The van der Waals surface area contributed by atoms with E-state index in [0.717, 1.165) is 72.9 Å². The Morgan fingerprint density at radius 2 is 0.719 bits per heavy atom. The van der Waals surface area contributed by atoms with Crippen LogP contribution in [0.1, 0.15) is 0 Å². The summed E-state index contributed by atoms with van der Waals surface area (Å²) in [7, 11) is 0. The van der Waals surface area contributed by atoms with Crippen molar-refractivity contribution >= 4 is 32.8 Å². The van der Waals surface area contributed by atoms with E-state index in [2.05, 4.69) is 240 Å². The number of hydrogen-bond donors (Lipinski definition) is 0. The minimum Gasteiger partial charge on any atom is -0.292 e. The predicted molar refractivity (Wildman–Crippen MR) is 265 cm³/mol. The van der Waals surface area contributed by atoms with E-state index in [0.29, 0.717) is 0 Å². The van der Waals surface area contributed by atoms with Gasteiger partial charge in [0.1, 0.15) is 11.6 Å². The lowest BCUT2D eigenvalue weighted by Crippen LogP contribution is -2.01. The maximum Gasteiger partial charge on any atom is 0.145 e. The molecule has 4 nitrogen and oxygen atoms in total. The molecule has 298 valence electrons. The molecule has 0 aliphatic heterocycles. The van der Waals surface area contributed by atoms with Crippen LogP contribution in [-0.2, 0) is 0 Å². The van der Waals surface area contributed by atoms with E-state index in [1.54, 1.807) is 0 Å². The molecule has 4 heteroatoms. The zero-order chi connectivity index (χ0) is 42.1. The van der Waals surface area contributed by atoms with E-state index < -0.39 is 0 Å². The molecular formula is C60H38N4. The van der Waals surface area contributed by atoms with Gasteiger partial charge in [-0.3, -0.25) is 9.13 Å². The van der Waals surface area contributed by atoms with Gasteiger partial charge in [0, 0.05) is 22.5 Å². The molecule has 2 aromatic heterocycles. The summed E-state index contributed by atoms with van der Waals surface area (Å²) in [5.41, 5.74) is 20.1. The van der Waals surface area contributed by atoms with Gasteiger partial charge in [0.2, 0.25) is 0 Å². The molecule has 0 amide bonds. The van der Waals surface area contributed by atoms with Crippen LogP contribution in [0, 0.1) is 0 Å². The van der Waals surface area contributed by atoms with E-state index in [1.807, 2.05) is 0 Å². The first-order valence-corrected chi connectivity index (χ1v) is 21.8. The number of nitrogens with zero attached hydrogens (tertiary/aromatic N) is 4. The molecule has 1 aliphatic carbocycles. The molecule has 0 radical (unpaired) electrons. The molecule has 2 heterocycles. The number of para-hydroxylation sites is 6. The summed E-state index contributed by atoms with van der Waals surface area (Å²) >= 11 is 0. The fourth-order valence-electron chi connectivity index (χ4n) is 10.1. The molecule has 0 spiro atoms. The second-order valence-electron chi connectivity index (χ2n) is 16.5. The third kappa shape index (κ3) is 5.63. The molecule has 0 N–H and O–H groups in total. The summed E-state index contributed by atoms with van der Waals surface area (Å²) < 4.78 is 4.60. The van der Waals surface area contributed by atoms with Gasteiger partial charge in [-0.15, -0.1) is 0 Å². The highest BCUT2D eigenvalue weighted by Crippen LogP contribution is 2.57. The first-order chi connectivity index (χ1) is 31.8. The van der Waals surface area contributed by atoms with Gasteiger partial charge in [0.25, 0.3) is 0 Å². The minimum atomic E-state index is 0.862. The average Bonchev–Trinajstić information content (AvgIpc) is 4.06. The molecule has 10 aromatic carbocycles. The number of benzene rings is 10. The number of fused-ring (bicyclic) bond motifs is 5. The first kappa shape index (κ1) is 36.1. The number of aromatic nitrogens is 4. The van der Waals surface area contributed by atoms with Crippen molar-refractivity contribution in [2.75, 3.05) is 0 Å². The third-order valence-corrected chi connectivity index (χ3v) is 12.8. The van der Waals surface area contributed by atoms with Crippen LogP contribution in [0.25, 0.3) is 123 Å². The van der Waals surface area contributed by atoms with Crippen molar-refractivity contribution in [2.45, 2.75) is 0 Å². The Balaban J connectivity index is 1.19. The summed E-state index contributed by atoms with van der Waals surface area (Å²) in [6.45, 7) is 0. The predicted octanol–water partition coefficient (Wildman–Crippen LogP) is 15.5. The molecule has 0 saturated carbocycles. The zero-order valence-electron chi connectivity index (χ0n) is 34.7. The van der Waals surface area contributed by atoms with Gasteiger partial charge in [0.15, 0.2) is 0 Å². The molecule has 0 fully saturated rings. The Bertz CT molecular complexity index is 3610. The Labute approximate surface area is 370 Å². The Hall–Kier alpha value is -8.60. The highest BCUT2D eigenvalue weighted by molar-refractivity contribution is 6.22. The second kappa shape index (κ2) is 14.5. The SMILES string of the molecule is c1ccc(-c2cc(-c3cc(-c4nc5ccccc5n4-c4ccccc4)cc(-c4nc5ccccc5n4-c4ccccc4)c3)c(-c3ccccc3)c3c2-c2cccc4cccc-3c24)cc1. The number of imidazole rings is 2. The summed E-state index contributed by atoms with van der Waals surface area (Å²) in [6.07, 6.45) is 0. The fraction of sp³-hybridized carbons (Fsp3) is 0. The van der Waals surface area contributed by atoms with Crippen molar-refractivity contribution in [1.29, 1.82) is 0 Å². The van der Waals surface area contributed by atoms with Crippen LogP contribution in [-0.4, -0.2) is 19.1 Å². The van der Waals surface area contributed by atoms with Crippen molar-refractivity contribution in [3.05, 3.63) is 231 Å². The van der Waals surface area contributed by atoms with Gasteiger partial charge < -0.3 is 0 Å². The van der Waals surface area contributed by atoms with E-state index in [1.165, 1.54) is 49.7 Å². The third-order valence-electron chi connectivity index (χ3n) is 12.8. The van der Waals surface area contributed by atoms with Gasteiger partial charge in [-0.2, -0.15) is 0 Å². The van der Waals surface area contributed by atoms with Crippen LogP contribution in [0.5, 0.6) is 0 Å². The number of rotatable bonds is 7. The summed E-state index contributed by atoms with van der Waals surface area (Å²) in [4.78, 5) is 10.9. The minimum absolute atomic E-state index is 0.862. The van der Waals surface area contributed by atoms with Crippen LogP contribution < -0.4 is 0 Å². The molecule has 0 saturated heterocycles. The topological polar surface area (TPSA) is 35.6 Å². The Morgan fingerprint density at radius 3 is 1.27 bits per heavy atom. The quantitative estimate of drug-likeness (QED) is 0.161. The van der Waals surface area contributed by atoms with E-state index in [4.69, 9.17) is 9.97 Å². The second-order valence-corrected chi connectivity index (χ2v) is 16.5. The smallest absolute Gasteiger partial charge is 0.145 e. The van der Waals surface area contributed by atoms with Crippen LogP contribution >= 0.6 is 0 Å². The standard InChI is InChI=1S/C60H38N4/c1-5-19-39(20-6-1)49-38-50(56(41-21-7-2-8-22-41)58-48-30-18-24-40-23-17-29-47(55(40)48)57(49)58)42-35-43(59-61-51-31-13-15-33-53(51)63(59)45-25-9-3-10-26-45)37-44(36-42)60-62-52-32-14-16-34-54(52)64(60)46-27-11-4-12-28-46/h1-38H. The van der Waals surface area contributed by atoms with E-state index >= 15 is 0 Å². The van der Waals surface area contributed by atoms with Crippen LogP contribution in [0.3, 0.4) is 0 Å². The first-order valence-electron chi connectivity index (χ1n) is 21.8. The van der Waals surface area contributed by atoms with Gasteiger partial charge in [-0.1, -0.05) is 158 Å². The fourth-order valence-corrected chi connectivity index (χ4v) is 10.1. The van der Waals surface area contributed by atoms with Gasteiger partial charge in [-0.05, 0) is 139 Å². The lowest BCUT2D eigenvalue weighted by molar-refractivity contribution is 1.09. The highest BCUT2D eigenvalue weighted by Gasteiger charge is 2.31. The van der Waals surface area contributed by atoms with Crippen LogP contribution in [0.2, 0.25) is 0 Å². The Kier molecular flexibility index (Phi) is 8.18. The van der Waals surface area contributed by atoms with Crippen molar-refractivity contribution in [2.24, 2.45) is 0 Å². The molecule has 64 heavy (non-hydrogen) atoms. The summed E-state index contributed by atoms with van der Waals surface area (Å²) in [5.74, 6) is 1.72. The van der Waals surface area contributed by atoms with Crippen molar-refractivity contribution in [3.8, 4) is 89.8 Å². The highest BCUT2D eigenvalue weighted by atomic mass is 15.1. The van der Waals surface area contributed by atoms with E-state index in [-0.39, 0.29) is 0 Å². The molecule has 0 unspecified atom stereocenters. The zero-order valence-corrected chi connectivity index (χ0v) is 34.7. The lowest BCUT2D eigenvalue weighted by Gasteiger charge is -2.22. The normalized spacial score (nSPS) is 11.8. The average molecular weight is 815 g/mol. The lowest BCUT2D eigenvalue weighted by atomic mass is 9.82. The van der Waals surface area contributed by atoms with Crippen LogP contribution in [0.4, 0.5) is 0 Å². The van der Waals surface area contributed by atoms with Crippen molar-refractivity contribution < 1.29 is 0 Å².